The van der Waals surface area contributed by atoms with Gasteiger partial charge in [0.2, 0.25) is 0 Å². The van der Waals surface area contributed by atoms with Crippen LogP contribution >= 0.6 is 0 Å². The predicted molar refractivity (Wildman–Crippen MR) is 51.1 cm³/mol. The number of halogens is 2. The van der Waals surface area contributed by atoms with Crippen LogP contribution in [0.3, 0.4) is 0 Å². The number of rotatable bonds is 2. The molecule has 0 amide bonds. The Balaban J connectivity index is -0.000000240. The molecule has 0 radical (unpaired) electrons. The fourth-order valence-electron chi connectivity index (χ4n) is 0.902. The summed E-state index contributed by atoms with van der Waals surface area (Å²) in [6.45, 7) is 11.3. The Morgan fingerprint density at radius 3 is 1.06 bits per heavy atom. The second kappa shape index (κ2) is 9.19. The summed E-state index contributed by atoms with van der Waals surface area (Å²) in [6.07, 6.45) is -1.28. The molecule has 0 saturated heterocycles. The predicted octanol–water partition coefficient (Wildman–Crippen LogP) is -5.07. The van der Waals surface area contributed by atoms with Crippen molar-refractivity contribution in [3.63, 3.8) is 0 Å². The quantitative estimate of drug-likeness (QED) is 0.479. The molecule has 0 bridgehead atoms. The van der Waals surface area contributed by atoms with Crippen molar-refractivity contribution in [1.82, 2.24) is 0 Å². The minimum absolute atomic E-state index is 0. The maximum absolute atomic E-state index is 11.6. The Morgan fingerprint density at radius 1 is 0.750 bits per heavy atom. The first kappa shape index (κ1) is 25.9. The molecular formula is C11H22Cl2O2Ti. The summed E-state index contributed by atoms with van der Waals surface area (Å²) in [5.41, 5.74) is -0.595. The molecule has 0 saturated carbocycles. The normalized spacial score (nSPS) is 15.0. The molecule has 0 aromatic rings. The first-order valence-electron chi connectivity index (χ1n) is 4.87. The molecule has 16 heavy (non-hydrogen) atoms. The van der Waals surface area contributed by atoms with E-state index < -0.39 is 12.2 Å². The maximum atomic E-state index is 11.6. The summed E-state index contributed by atoms with van der Waals surface area (Å²) in [5, 5.41) is 23.2. The summed E-state index contributed by atoms with van der Waals surface area (Å²) in [6, 6.07) is 0. The molecule has 96 valence electrons. The molecule has 2 atom stereocenters. The molecule has 0 fully saturated rings. The van der Waals surface area contributed by atoms with E-state index in [1.165, 1.54) is 0 Å². The minimum atomic E-state index is -0.755. The largest absolute Gasteiger partial charge is 4.00 e. The smallest absolute Gasteiger partial charge is 1.00 e. The van der Waals surface area contributed by atoms with Crippen molar-refractivity contribution in [3.8, 4) is 0 Å². The molecule has 0 aliphatic rings. The van der Waals surface area contributed by atoms with Gasteiger partial charge in [-0.15, -0.1) is 12.2 Å². The van der Waals surface area contributed by atoms with Crippen LogP contribution in [0.1, 0.15) is 48.0 Å². The standard InChI is InChI=1S/C11H22O2.2ClH.Ti/c1-10(2,3)8(12)7-9(13)11(4,5)6;;;/h8-9H,7H2,1-6H3;2*1H;/q-2;;;+4/p-2. The Labute approximate surface area is 127 Å². The second-order valence-electron chi connectivity index (χ2n) is 5.95. The van der Waals surface area contributed by atoms with E-state index in [1.54, 1.807) is 0 Å². The van der Waals surface area contributed by atoms with Crippen molar-refractivity contribution in [2.75, 3.05) is 0 Å². The summed E-state index contributed by atoms with van der Waals surface area (Å²) in [7, 11) is 0. The fraction of sp³-hybridized carbons (Fsp3) is 1.00. The van der Waals surface area contributed by atoms with E-state index in [1.807, 2.05) is 41.5 Å². The van der Waals surface area contributed by atoms with Gasteiger partial charge in [-0.25, -0.2) is 0 Å². The first-order chi connectivity index (χ1) is 5.55. The van der Waals surface area contributed by atoms with Gasteiger partial charge >= 0.3 is 21.7 Å². The van der Waals surface area contributed by atoms with E-state index in [9.17, 15) is 10.2 Å². The molecule has 0 aromatic carbocycles. The van der Waals surface area contributed by atoms with Crippen molar-refractivity contribution in [2.24, 2.45) is 10.8 Å². The van der Waals surface area contributed by atoms with Crippen LogP contribution in [-0.2, 0) is 21.7 Å². The van der Waals surface area contributed by atoms with E-state index in [0.29, 0.717) is 0 Å². The third-order valence-corrected chi connectivity index (χ3v) is 2.36. The van der Waals surface area contributed by atoms with Gasteiger partial charge in [-0.3, -0.25) is 0 Å². The Bertz CT molecular complexity index is 146. The van der Waals surface area contributed by atoms with Crippen LogP contribution in [0.4, 0.5) is 0 Å². The van der Waals surface area contributed by atoms with E-state index in [2.05, 4.69) is 0 Å². The summed E-state index contributed by atoms with van der Waals surface area (Å²) in [4.78, 5) is 0. The van der Waals surface area contributed by atoms with Gasteiger partial charge in [0.15, 0.2) is 0 Å². The van der Waals surface area contributed by atoms with Crippen LogP contribution in [0, 0.1) is 10.8 Å². The topological polar surface area (TPSA) is 46.1 Å². The van der Waals surface area contributed by atoms with E-state index in [0.717, 1.165) is 0 Å². The van der Waals surface area contributed by atoms with Crippen molar-refractivity contribution in [3.05, 3.63) is 0 Å². The Morgan fingerprint density at radius 2 is 0.938 bits per heavy atom. The molecule has 0 N–H and O–H groups in total. The zero-order valence-electron chi connectivity index (χ0n) is 10.9. The average molecular weight is 305 g/mol. The SMILES string of the molecule is CC(C)(C)C([O-])CC([O-])C(C)(C)C.[Cl-].[Cl-].[Ti+4]. The van der Waals surface area contributed by atoms with Crippen LogP contribution in [0.5, 0.6) is 0 Å². The van der Waals surface area contributed by atoms with E-state index >= 15 is 0 Å². The second-order valence-corrected chi connectivity index (χ2v) is 5.95. The maximum Gasteiger partial charge on any atom is 4.00 e. The third-order valence-electron chi connectivity index (χ3n) is 2.36. The van der Waals surface area contributed by atoms with Gasteiger partial charge < -0.3 is 35.0 Å². The van der Waals surface area contributed by atoms with Gasteiger partial charge in [-0.2, -0.15) is 0 Å². The zero-order chi connectivity index (χ0) is 10.9. The van der Waals surface area contributed by atoms with Gasteiger partial charge in [0.1, 0.15) is 0 Å². The van der Waals surface area contributed by atoms with Crippen LogP contribution < -0.4 is 35.0 Å². The minimum Gasteiger partial charge on any atom is -1.00 e. The molecule has 0 spiro atoms. The average Bonchev–Trinajstić information content (AvgIpc) is 1.82. The summed E-state index contributed by atoms with van der Waals surface area (Å²) < 4.78 is 0. The molecule has 0 aromatic heterocycles. The fourth-order valence-corrected chi connectivity index (χ4v) is 0.902. The molecule has 0 heterocycles. The van der Waals surface area contributed by atoms with Gasteiger partial charge in [0, 0.05) is 0 Å². The molecule has 2 nitrogen and oxygen atoms in total. The van der Waals surface area contributed by atoms with Crippen molar-refractivity contribution in [1.29, 1.82) is 0 Å². The Kier molecular flexibility index (Phi) is 14.9. The molecule has 2 unspecified atom stereocenters. The van der Waals surface area contributed by atoms with Gasteiger partial charge in [0.25, 0.3) is 0 Å². The third kappa shape index (κ3) is 10.4. The van der Waals surface area contributed by atoms with E-state index in [-0.39, 0.29) is 63.8 Å². The molecule has 0 rings (SSSR count). The van der Waals surface area contributed by atoms with E-state index in [4.69, 9.17) is 0 Å². The van der Waals surface area contributed by atoms with Crippen LogP contribution in [0.2, 0.25) is 0 Å². The van der Waals surface area contributed by atoms with Crippen LogP contribution in [-0.4, -0.2) is 12.2 Å². The monoisotopic (exact) mass is 304 g/mol. The Hall–Kier alpha value is 1.21. The van der Waals surface area contributed by atoms with Gasteiger partial charge in [0.05, 0.1) is 0 Å². The molecule has 5 heteroatoms. The zero-order valence-corrected chi connectivity index (χ0v) is 14.0. The van der Waals surface area contributed by atoms with Gasteiger partial charge in [-0.05, 0) is 0 Å². The van der Waals surface area contributed by atoms with Crippen molar-refractivity contribution >= 4 is 0 Å². The van der Waals surface area contributed by atoms with Crippen molar-refractivity contribution in [2.45, 2.75) is 60.2 Å². The number of hydrogen-bond donors (Lipinski definition) is 0. The van der Waals surface area contributed by atoms with Crippen LogP contribution in [0.25, 0.3) is 0 Å². The molecular weight excluding hydrogens is 283 g/mol. The van der Waals surface area contributed by atoms with Crippen LogP contribution in [0.15, 0.2) is 0 Å². The molecule has 0 aliphatic carbocycles. The summed E-state index contributed by atoms with van der Waals surface area (Å²) >= 11 is 0. The van der Waals surface area contributed by atoms with Crippen molar-refractivity contribution < 1.29 is 56.7 Å². The summed E-state index contributed by atoms with van der Waals surface area (Å²) in [5.74, 6) is 0. The molecule has 0 aliphatic heterocycles. The number of hydrogen-bond acceptors (Lipinski definition) is 2. The first-order valence-corrected chi connectivity index (χ1v) is 4.87. The van der Waals surface area contributed by atoms with Gasteiger partial charge in [-0.1, -0.05) is 58.8 Å².